The summed E-state index contributed by atoms with van der Waals surface area (Å²) in [5, 5.41) is 9.51. The number of benzene rings is 1. The van der Waals surface area contributed by atoms with Crippen LogP contribution >= 0.6 is 0 Å². The number of carbonyl (C=O) groups is 2. The lowest BCUT2D eigenvalue weighted by Crippen LogP contribution is -2.50. The number of phenols is 1. The minimum absolute atomic E-state index is 0.0256. The molecule has 0 unspecified atom stereocenters. The van der Waals surface area contributed by atoms with E-state index in [2.05, 4.69) is 0 Å². The maximum Gasteiger partial charge on any atom is 0.411 e. The fraction of sp³-hybridized carbons (Fsp3) is 0.500. The van der Waals surface area contributed by atoms with Crippen LogP contribution in [0.4, 0.5) is 9.18 Å². The maximum atomic E-state index is 13.5. The van der Waals surface area contributed by atoms with Crippen LogP contribution in [0.3, 0.4) is 0 Å². The van der Waals surface area contributed by atoms with Crippen LogP contribution in [0.5, 0.6) is 5.75 Å². The Morgan fingerprint density at radius 1 is 1.30 bits per heavy atom. The molecule has 1 N–H and O–H groups in total. The molecule has 0 aromatic heterocycles. The Kier molecular flexibility index (Phi) is 4.49. The van der Waals surface area contributed by atoms with E-state index >= 15 is 0 Å². The molecule has 0 fully saturated rings. The van der Waals surface area contributed by atoms with E-state index in [1.165, 1.54) is 24.1 Å². The molecule has 1 aliphatic rings. The minimum Gasteiger partial charge on any atom is -0.505 e. The van der Waals surface area contributed by atoms with Gasteiger partial charge in [0.05, 0.1) is 13.7 Å². The number of halogens is 1. The van der Waals surface area contributed by atoms with Crippen molar-refractivity contribution >= 4 is 12.1 Å². The highest BCUT2D eigenvalue weighted by Crippen LogP contribution is 2.30. The number of phenolic OH excluding ortho intramolecular Hbond substituents is 1. The van der Waals surface area contributed by atoms with Gasteiger partial charge < -0.3 is 14.6 Å². The van der Waals surface area contributed by atoms with Crippen LogP contribution in [0.15, 0.2) is 12.1 Å². The Hall–Kier alpha value is -2.31. The van der Waals surface area contributed by atoms with Gasteiger partial charge in [-0.2, -0.15) is 0 Å². The molecule has 6 nitrogen and oxygen atoms in total. The molecule has 1 aromatic carbocycles. The van der Waals surface area contributed by atoms with Crippen molar-refractivity contribution in [3.8, 4) is 5.75 Å². The molecule has 0 bridgehead atoms. The van der Waals surface area contributed by atoms with Gasteiger partial charge in [0.1, 0.15) is 11.6 Å². The lowest BCUT2D eigenvalue weighted by atomic mass is 9.93. The molecule has 0 saturated heterocycles. The molecular weight excluding hydrogens is 305 g/mol. The van der Waals surface area contributed by atoms with Gasteiger partial charge in [-0.25, -0.2) is 14.0 Å². The average molecular weight is 325 g/mol. The Bertz CT molecular complexity index is 638. The molecule has 0 radical (unpaired) electrons. The number of carbonyl (C=O) groups excluding carboxylic acids is 2. The summed E-state index contributed by atoms with van der Waals surface area (Å²) in [6.45, 7) is 5.18. The first-order chi connectivity index (χ1) is 10.6. The van der Waals surface area contributed by atoms with E-state index in [0.29, 0.717) is 11.1 Å². The van der Waals surface area contributed by atoms with Crippen molar-refractivity contribution in [2.45, 2.75) is 45.4 Å². The molecule has 0 saturated carbocycles. The second-order valence-electron chi connectivity index (χ2n) is 6.42. The van der Waals surface area contributed by atoms with Crippen LogP contribution in [0.25, 0.3) is 0 Å². The van der Waals surface area contributed by atoms with Gasteiger partial charge in [0.2, 0.25) is 0 Å². The van der Waals surface area contributed by atoms with Crippen LogP contribution < -0.4 is 0 Å². The quantitative estimate of drug-likeness (QED) is 0.802. The molecule has 126 valence electrons. The van der Waals surface area contributed by atoms with Crippen LogP contribution in [0.2, 0.25) is 0 Å². The van der Waals surface area contributed by atoms with Crippen LogP contribution in [0, 0.1) is 5.82 Å². The highest BCUT2D eigenvalue weighted by Gasteiger charge is 2.38. The van der Waals surface area contributed by atoms with E-state index in [0.717, 1.165) is 0 Å². The van der Waals surface area contributed by atoms with Crippen molar-refractivity contribution in [3.05, 3.63) is 29.1 Å². The second-order valence-corrected chi connectivity index (χ2v) is 6.42. The Balaban J connectivity index is 2.36. The van der Waals surface area contributed by atoms with Crippen molar-refractivity contribution in [2.75, 3.05) is 7.11 Å². The first-order valence-corrected chi connectivity index (χ1v) is 7.20. The summed E-state index contributed by atoms with van der Waals surface area (Å²) < 4.78 is 23.6. The summed E-state index contributed by atoms with van der Waals surface area (Å²) in [5.74, 6) is -1.86. The van der Waals surface area contributed by atoms with E-state index in [1.807, 2.05) is 0 Å². The monoisotopic (exact) mass is 325 g/mol. The fourth-order valence-electron chi connectivity index (χ4n) is 2.45. The van der Waals surface area contributed by atoms with Crippen LogP contribution in [0.1, 0.15) is 31.9 Å². The SMILES string of the molecule is COC(=O)[C@@H]1Cc2cc(F)c(O)cc2CN1C(=O)OC(C)(C)C. The predicted molar refractivity (Wildman–Crippen MR) is 79.3 cm³/mol. The highest BCUT2D eigenvalue weighted by molar-refractivity contribution is 5.82. The lowest BCUT2D eigenvalue weighted by Gasteiger charge is -2.36. The zero-order chi connectivity index (χ0) is 17.4. The first-order valence-electron chi connectivity index (χ1n) is 7.20. The van der Waals surface area contributed by atoms with E-state index in [-0.39, 0.29) is 13.0 Å². The largest absolute Gasteiger partial charge is 0.505 e. The predicted octanol–water partition coefficient (Wildman–Crippen LogP) is 2.37. The summed E-state index contributed by atoms with van der Waals surface area (Å²) in [6, 6.07) is 1.54. The summed E-state index contributed by atoms with van der Waals surface area (Å²) in [5.41, 5.74) is 0.397. The van der Waals surface area contributed by atoms with Crippen LogP contribution in [-0.4, -0.2) is 40.8 Å². The average Bonchev–Trinajstić information content (AvgIpc) is 2.44. The number of aromatic hydroxyl groups is 1. The standard InChI is InChI=1S/C16H20FNO5/c1-16(2,3)23-15(21)18-8-10-7-13(19)11(17)5-9(10)6-12(18)14(20)22-4/h5,7,12,19H,6,8H2,1-4H3/t12-/m0/s1. The Morgan fingerprint density at radius 3 is 2.52 bits per heavy atom. The van der Waals surface area contributed by atoms with Gasteiger partial charge in [-0.15, -0.1) is 0 Å². The molecule has 2 rings (SSSR count). The van der Waals surface area contributed by atoms with Crippen molar-refractivity contribution in [3.63, 3.8) is 0 Å². The van der Waals surface area contributed by atoms with Gasteiger partial charge in [0.15, 0.2) is 11.6 Å². The number of fused-ring (bicyclic) bond motifs is 1. The molecule has 1 aromatic rings. The van der Waals surface area contributed by atoms with Crippen molar-refractivity contribution < 1.29 is 28.6 Å². The molecule has 1 heterocycles. The first kappa shape index (κ1) is 17.1. The third-order valence-corrected chi connectivity index (χ3v) is 3.50. The number of rotatable bonds is 1. The van der Waals surface area contributed by atoms with Crippen molar-refractivity contribution in [1.29, 1.82) is 0 Å². The van der Waals surface area contributed by atoms with Gasteiger partial charge in [0, 0.05) is 6.42 Å². The molecule has 0 aliphatic carbocycles. The Labute approximate surface area is 133 Å². The number of ether oxygens (including phenoxy) is 2. The zero-order valence-corrected chi connectivity index (χ0v) is 13.6. The maximum absolute atomic E-state index is 13.5. The molecule has 7 heteroatoms. The van der Waals surface area contributed by atoms with Crippen molar-refractivity contribution in [1.82, 2.24) is 4.90 Å². The number of methoxy groups -OCH3 is 1. The third-order valence-electron chi connectivity index (χ3n) is 3.50. The molecular formula is C16H20FNO5. The van der Waals surface area contributed by atoms with Gasteiger partial charge in [0.25, 0.3) is 0 Å². The fourth-order valence-corrected chi connectivity index (χ4v) is 2.45. The van der Waals surface area contributed by atoms with E-state index in [9.17, 15) is 19.1 Å². The van der Waals surface area contributed by atoms with E-state index < -0.39 is 35.3 Å². The van der Waals surface area contributed by atoms with Gasteiger partial charge in [-0.3, -0.25) is 4.90 Å². The topological polar surface area (TPSA) is 76.1 Å². The number of hydrogen-bond acceptors (Lipinski definition) is 5. The van der Waals surface area contributed by atoms with E-state index in [4.69, 9.17) is 9.47 Å². The number of hydrogen-bond donors (Lipinski definition) is 1. The molecule has 1 aliphatic heterocycles. The summed E-state index contributed by atoms with van der Waals surface area (Å²) in [6.07, 6.45) is -0.569. The van der Waals surface area contributed by atoms with Gasteiger partial charge >= 0.3 is 12.1 Å². The highest BCUT2D eigenvalue weighted by atomic mass is 19.1. The molecule has 1 amide bonds. The Morgan fingerprint density at radius 2 is 1.96 bits per heavy atom. The van der Waals surface area contributed by atoms with Gasteiger partial charge in [-0.05, 0) is 44.0 Å². The minimum atomic E-state index is -0.897. The number of amides is 1. The molecule has 1 atom stereocenters. The molecule has 0 spiro atoms. The smallest absolute Gasteiger partial charge is 0.411 e. The third kappa shape index (κ3) is 3.72. The van der Waals surface area contributed by atoms with Crippen LogP contribution in [-0.2, 0) is 27.2 Å². The zero-order valence-electron chi connectivity index (χ0n) is 13.6. The van der Waals surface area contributed by atoms with Crippen molar-refractivity contribution in [2.24, 2.45) is 0 Å². The van der Waals surface area contributed by atoms with Gasteiger partial charge in [-0.1, -0.05) is 0 Å². The molecule has 23 heavy (non-hydrogen) atoms. The normalized spacial score (nSPS) is 17.4. The lowest BCUT2D eigenvalue weighted by molar-refractivity contribution is -0.147. The number of esters is 1. The number of nitrogens with zero attached hydrogens (tertiary/aromatic N) is 1. The summed E-state index contributed by atoms with van der Waals surface area (Å²) >= 11 is 0. The summed E-state index contributed by atoms with van der Waals surface area (Å²) in [7, 11) is 1.22. The van der Waals surface area contributed by atoms with E-state index in [1.54, 1.807) is 20.8 Å². The summed E-state index contributed by atoms with van der Waals surface area (Å²) in [4.78, 5) is 25.6. The second kappa shape index (κ2) is 6.06.